The minimum atomic E-state index is -1.41. The lowest BCUT2D eigenvalue weighted by Crippen LogP contribution is -2.42. The number of nitrogens with one attached hydrogen (secondary N) is 2. The molecular weight excluding hydrogens is 443 g/mol. The van der Waals surface area contributed by atoms with Gasteiger partial charge in [0.2, 0.25) is 0 Å². The van der Waals surface area contributed by atoms with Crippen LogP contribution in [0, 0.1) is 11.2 Å². The molecule has 0 bridgehead atoms. The molecular formula is C24H31FN4O5. The maximum atomic E-state index is 15.6. The average Bonchev–Trinajstić information content (AvgIpc) is 2.80. The summed E-state index contributed by atoms with van der Waals surface area (Å²) in [4.78, 5) is 14.2. The third-order valence-electron chi connectivity index (χ3n) is 5.59. The van der Waals surface area contributed by atoms with Crippen molar-refractivity contribution in [2.75, 3.05) is 38.2 Å². The van der Waals surface area contributed by atoms with Crippen molar-refractivity contribution < 1.29 is 28.9 Å². The number of hydrogen-bond acceptors (Lipinski definition) is 7. The van der Waals surface area contributed by atoms with Crippen LogP contribution in [-0.2, 0) is 4.79 Å². The van der Waals surface area contributed by atoms with E-state index in [0.29, 0.717) is 36.7 Å². The van der Waals surface area contributed by atoms with E-state index in [0.717, 1.165) is 19.4 Å². The van der Waals surface area contributed by atoms with Crippen LogP contribution in [0.3, 0.4) is 0 Å². The van der Waals surface area contributed by atoms with E-state index in [4.69, 9.17) is 20.6 Å². The molecule has 2 aromatic rings. The number of carboxylic acids is 1. The average molecular weight is 475 g/mol. The van der Waals surface area contributed by atoms with Crippen molar-refractivity contribution >= 4 is 17.5 Å². The summed E-state index contributed by atoms with van der Waals surface area (Å²) in [6, 6.07) is 7.69. The first kappa shape index (κ1) is 25.3. The predicted molar refractivity (Wildman–Crippen MR) is 126 cm³/mol. The molecule has 1 fully saturated rings. The van der Waals surface area contributed by atoms with Gasteiger partial charge in [0.1, 0.15) is 17.7 Å². The first-order valence-corrected chi connectivity index (χ1v) is 11.2. The number of β-amino-alcohol motifs (C(OH)–C–C–N with tert-alkyl or cyclic N) is 1. The number of rotatable bonds is 11. The molecule has 3 rings (SSSR count). The van der Waals surface area contributed by atoms with Gasteiger partial charge in [0.05, 0.1) is 13.2 Å². The minimum absolute atomic E-state index is 0.0322. The van der Waals surface area contributed by atoms with Gasteiger partial charge < -0.3 is 30.7 Å². The molecule has 2 aromatic carbocycles. The maximum absolute atomic E-state index is 15.6. The van der Waals surface area contributed by atoms with Crippen molar-refractivity contribution in [3.8, 4) is 11.5 Å². The number of likely N-dealkylation sites (tertiary alicyclic amines) is 1. The fourth-order valence-electron chi connectivity index (χ4n) is 3.96. The number of hydrogen-bond donors (Lipinski definition) is 5. The maximum Gasteiger partial charge on any atom is 0.330 e. The smallest absolute Gasteiger partial charge is 0.330 e. The van der Waals surface area contributed by atoms with Gasteiger partial charge in [-0.15, -0.1) is 0 Å². The highest BCUT2D eigenvalue weighted by Gasteiger charge is 2.29. The summed E-state index contributed by atoms with van der Waals surface area (Å²) in [7, 11) is 0. The lowest BCUT2D eigenvalue weighted by atomic mass is 10.0. The third-order valence-corrected chi connectivity index (χ3v) is 5.59. The molecule has 184 valence electrons. The Morgan fingerprint density at radius 3 is 2.71 bits per heavy atom. The zero-order valence-electron chi connectivity index (χ0n) is 19.1. The molecule has 0 saturated carbocycles. The van der Waals surface area contributed by atoms with Crippen molar-refractivity contribution in [2.24, 2.45) is 5.73 Å². The zero-order valence-corrected chi connectivity index (χ0v) is 19.1. The van der Waals surface area contributed by atoms with Crippen molar-refractivity contribution in [1.82, 2.24) is 4.90 Å². The Hall–Kier alpha value is -3.37. The number of nitrogens with zero attached hydrogens (tertiary/aromatic N) is 1. The molecule has 2 atom stereocenters. The Morgan fingerprint density at radius 2 is 2.09 bits per heavy atom. The Labute approximate surface area is 197 Å². The number of anilines is 1. The van der Waals surface area contributed by atoms with Gasteiger partial charge in [0.15, 0.2) is 17.6 Å². The van der Waals surface area contributed by atoms with Gasteiger partial charge in [0, 0.05) is 36.0 Å². The minimum Gasteiger partial charge on any atom is -0.494 e. The highest BCUT2D eigenvalue weighted by Crippen LogP contribution is 2.34. The monoisotopic (exact) mass is 474 g/mol. The van der Waals surface area contributed by atoms with Gasteiger partial charge in [-0.2, -0.15) is 0 Å². The van der Waals surface area contributed by atoms with E-state index in [1.54, 1.807) is 31.2 Å². The van der Waals surface area contributed by atoms with E-state index in [1.165, 1.54) is 12.1 Å². The Morgan fingerprint density at radius 1 is 1.35 bits per heavy atom. The Bertz CT molecular complexity index is 1000. The number of aliphatic carboxylic acids is 1. The van der Waals surface area contributed by atoms with E-state index >= 15 is 4.39 Å². The molecule has 1 aliphatic rings. The number of carbonyl (C=O) groups is 1. The number of aliphatic hydroxyl groups excluding tert-OH is 1. The summed E-state index contributed by atoms with van der Waals surface area (Å²) in [5.41, 5.74) is 6.26. The molecule has 0 aliphatic carbocycles. The topological polar surface area (TPSA) is 141 Å². The number of nitrogen functional groups attached to an aromatic ring is 1. The summed E-state index contributed by atoms with van der Waals surface area (Å²) >= 11 is 0. The van der Waals surface area contributed by atoms with E-state index in [2.05, 4.69) is 5.32 Å². The number of piperidine rings is 1. The van der Waals surface area contributed by atoms with Gasteiger partial charge in [-0.25, -0.2) is 9.18 Å². The first-order chi connectivity index (χ1) is 16.3. The van der Waals surface area contributed by atoms with Crippen molar-refractivity contribution in [3.05, 3.63) is 53.3 Å². The van der Waals surface area contributed by atoms with Gasteiger partial charge in [-0.1, -0.05) is 0 Å². The molecule has 0 aromatic heterocycles. The molecule has 1 unspecified atom stereocenters. The molecule has 1 saturated heterocycles. The predicted octanol–water partition coefficient (Wildman–Crippen LogP) is 2.58. The van der Waals surface area contributed by atoms with Crippen LogP contribution < -0.4 is 20.5 Å². The normalized spacial score (nSPS) is 17.1. The van der Waals surface area contributed by atoms with Crippen LogP contribution >= 0.6 is 0 Å². The van der Waals surface area contributed by atoms with E-state index in [-0.39, 0.29) is 29.9 Å². The van der Waals surface area contributed by atoms with Gasteiger partial charge in [-0.05, 0) is 56.6 Å². The van der Waals surface area contributed by atoms with Crippen molar-refractivity contribution in [1.29, 1.82) is 5.41 Å². The lowest BCUT2D eigenvalue weighted by Gasteiger charge is -2.32. The second kappa shape index (κ2) is 11.7. The van der Waals surface area contributed by atoms with Crippen LogP contribution in [-0.4, -0.2) is 65.9 Å². The Kier molecular flexibility index (Phi) is 8.67. The molecule has 9 nitrogen and oxygen atoms in total. The highest BCUT2D eigenvalue weighted by molar-refractivity contribution is 5.95. The summed E-state index contributed by atoms with van der Waals surface area (Å²) in [5.74, 6) is -1.93. The number of nitrogens with two attached hydrogens (primary N) is 1. The van der Waals surface area contributed by atoms with Gasteiger partial charge in [0.25, 0.3) is 0 Å². The second-order valence-corrected chi connectivity index (χ2v) is 8.07. The molecule has 0 amide bonds. The Balaban J connectivity index is 1.90. The highest BCUT2D eigenvalue weighted by atomic mass is 19.1. The van der Waals surface area contributed by atoms with Gasteiger partial charge in [-0.3, -0.25) is 10.3 Å². The molecule has 0 spiro atoms. The summed E-state index contributed by atoms with van der Waals surface area (Å²) in [6.45, 7) is 4.01. The standard InChI is InChI=1S/C24H31FN4O5/c1-2-33-18-12-19(22(24(31)32)28-16-7-5-15(6-8-16)23(26)27)21(25)20(13-18)34-17-4-3-9-29(14-17)10-11-30/h5-8,12-13,17,22,28,30H,2-4,9-11,14H2,1H3,(H3,26,27)(H,31,32)/t17-,22?/m1/s1. The third kappa shape index (κ3) is 6.36. The summed E-state index contributed by atoms with van der Waals surface area (Å²) < 4.78 is 27.1. The van der Waals surface area contributed by atoms with E-state index < -0.39 is 17.8 Å². The molecule has 0 radical (unpaired) electrons. The SMILES string of the molecule is CCOc1cc(O[C@@H]2CCCN(CCO)C2)c(F)c(C(Nc2ccc(C(=N)N)cc2)C(=O)O)c1. The quantitative estimate of drug-likeness (QED) is 0.247. The van der Waals surface area contributed by atoms with Crippen LogP contribution in [0.15, 0.2) is 36.4 Å². The molecule has 1 heterocycles. The van der Waals surface area contributed by atoms with Crippen molar-refractivity contribution in [3.63, 3.8) is 0 Å². The molecule has 6 N–H and O–H groups in total. The molecule has 1 aliphatic heterocycles. The zero-order chi connectivity index (χ0) is 24.7. The number of ether oxygens (including phenoxy) is 2. The molecule has 34 heavy (non-hydrogen) atoms. The second-order valence-electron chi connectivity index (χ2n) is 8.07. The number of halogens is 1. The number of aliphatic hydroxyl groups is 1. The summed E-state index contributed by atoms with van der Waals surface area (Å²) in [5, 5.41) is 29.4. The number of benzene rings is 2. The van der Waals surface area contributed by atoms with E-state index in [9.17, 15) is 15.0 Å². The largest absolute Gasteiger partial charge is 0.494 e. The van der Waals surface area contributed by atoms with Crippen molar-refractivity contribution in [2.45, 2.75) is 31.9 Å². The van der Waals surface area contributed by atoms with Crippen LogP contribution in [0.2, 0.25) is 0 Å². The fourth-order valence-corrected chi connectivity index (χ4v) is 3.96. The number of amidine groups is 1. The summed E-state index contributed by atoms with van der Waals surface area (Å²) in [6.07, 6.45) is 1.27. The van der Waals surface area contributed by atoms with Crippen LogP contribution in [0.25, 0.3) is 0 Å². The van der Waals surface area contributed by atoms with Gasteiger partial charge >= 0.3 is 5.97 Å². The lowest BCUT2D eigenvalue weighted by molar-refractivity contribution is -0.138. The van der Waals surface area contributed by atoms with Crippen LogP contribution in [0.4, 0.5) is 10.1 Å². The fraction of sp³-hybridized carbons (Fsp3) is 0.417. The van der Waals surface area contributed by atoms with Crippen LogP contribution in [0.1, 0.15) is 36.9 Å². The van der Waals surface area contributed by atoms with E-state index in [1.807, 2.05) is 4.90 Å². The van der Waals surface area contributed by atoms with Crippen LogP contribution in [0.5, 0.6) is 11.5 Å². The first-order valence-electron chi connectivity index (χ1n) is 11.2. The number of carboxylic acid groups (broad SMARTS) is 1. The molecule has 10 heteroatoms.